The van der Waals surface area contributed by atoms with E-state index in [1.54, 1.807) is 0 Å². The molecule has 82 valence electrons. The normalized spacial score (nSPS) is 11.5. The average molecular weight is 242 g/mol. The fraction of sp³-hybridized carbons (Fsp3) is 0.143. The summed E-state index contributed by atoms with van der Waals surface area (Å²) in [6.07, 6.45) is -4.99. The molecule has 1 rings (SSSR count). The Morgan fingerprint density at radius 3 is 2.27 bits per heavy atom. The van der Waals surface area contributed by atoms with E-state index in [2.05, 4.69) is 0 Å². The number of hydrogen-bond donors (Lipinski definition) is 1. The molecule has 0 spiro atoms. The van der Waals surface area contributed by atoms with E-state index in [1.807, 2.05) is 0 Å². The molecule has 0 amide bonds. The van der Waals surface area contributed by atoms with Gasteiger partial charge in [0, 0.05) is 0 Å². The minimum Gasteiger partial charge on any atom is -0.502 e. The van der Waals surface area contributed by atoms with Crippen LogP contribution in [-0.4, -0.2) is 10.0 Å². The summed E-state index contributed by atoms with van der Waals surface area (Å²) in [5.41, 5.74) is -3.08. The van der Waals surface area contributed by atoms with Crippen molar-refractivity contribution < 1.29 is 23.2 Å². The number of rotatable bonds is 1. The summed E-state index contributed by atoms with van der Waals surface area (Å²) in [4.78, 5) is 9.00. The molecule has 1 aromatic carbocycles. The summed E-state index contributed by atoms with van der Waals surface area (Å²) in [6, 6.07) is 1.47. The molecule has 0 heterocycles. The van der Waals surface area contributed by atoms with Crippen molar-refractivity contribution in [3.8, 4) is 5.75 Å². The predicted molar refractivity (Wildman–Crippen MR) is 44.8 cm³/mol. The third-order valence-electron chi connectivity index (χ3n) is 1.57. The van der Waals surface area contributed by atoms with Gasteiger partial charge < -0.3 is 5.11 Å². The number of phenols is 1. The monoisotopic (exact) mass is 241 g/mol. The van der Waals surface area contributed by atoms with Crippen molar-refractivity contribution in [2.75, 3.05) is 0 Å². The molecule has 0 unspecified atom stereocenters. The molecular formula is C7H3ClF3NO3. The van der Waals surface area contributed by atoms with Crippen molar-refractivity contribution in [3.05, 3.63) is 32.8 Å². The van der Waals surface area contributed by atoms with E-state index < -0.39 is 33.1 Å². The van der Waals surface area contributed by atoms with Crippen LogP contribution in [0.15, 0.2) is 12.1 Å². The molecule has 0 aliphatic carbocycles. The van der Waals surface area contributed by atoms with E-state index in [0.29, 0.717) is 0 Å². The third-order valence-corrected chi connectivity index (χ3v) is 1.89. The van der Waals surface area contributed by atoms with Crippen molar-refractivity contribution in [1.29, 1.82) is 0 Å². The maximum absolute atomic E-state index is 12.3. The SMILES string of the molecule is O=[N+]([O-])c1c(O)ccc(Cl)c1C(F)(F)F. The largest absolute Gasteiger partial charge is 0.502 e. The van der Waals surface area contributed by atoms with Gasteiger partial charge in [0.15, 0.2) is 11.3 Å². The van der Waals surface area contributed by atoms with E-state index in [4.69, 9.17) is 16.7 Å². The Labute approximate surface area is 86.0 Å². The Bertz CT molecular complexity index is 419. The lowest BCUT2D eigenvalue weighted by Crippen LogP contribution is -2.09. The van der Waals surface area contributed by atoms with Crippen LogP contribution in [0.5, 0.6) is 5.75 Å². The smallest absolute Gasteiger partial charge is 0.424 e. The van der Waals surface area contributed by atoms with Crippen LogP contribution in [0.3, 0.4) is 0 Å². The highest BCUT2D eigenvalue weighted by molar-refractivity contribution is 6.31. The Morgan fingerprint density at radius 2 is 1.93 bits per heavy atom. The lowest BCUT2D eigenvalue weighted by atomic mass is 10.1. The zero-order chi connectivity index (χ0) is 11.8. The van der Waals surface area contributed by atoms with E-state index in [9.17, 15) is 23.3 Å². The molecule has 4 nitrogen and oxygen atoms in total. The first-order chi connectivity index (χ1) is 6.75. The van der Waals surface area contributed by atoms with Crippen LogP contribution in [-0.2, 0) is 6.18 Å². The number of aromatic hydroxyl groups is 1. The summed E-state index contributed by atoms with van der Waals surface area (Å²) in [5.74, 6) is -1.07. The van der Waals surface area contributed by atoms with Gasteiger partial charge in [0.1, 0.15) is 0 Å². The highest BCUT2D eigenvalue weighted by Gasteiger charge is 2.42. The third kappa shape index (κ3) is 2.12. The van der Waals surface area contributed by atoms with Gasteiger partial charge in [0.2, 0.25) is 0 Å². The Balaban J connectivity index is 3.60. The molecule has 0 atom stereocenters. The molecule has 1 N–H and O–H groups in total. The summed E-state index contributed by atoms with van der Waals surface area (Å²) in [5, 5.41) is 18.5. The Hall–Kier alpha value is -1.50. The molecule has 8 heteroatoms. The molecule has 0 saturated carbocycles. The van der Waals surface area contributed by atoms with Crippen molar-refractivity contribution in [3.63, 3.8) is 0 Å². The second-order valence-corrected chi connectivity index (χ2v) is 2.95. The number of nitro groups is 1. The lowest BCUT2D eigenvalue weighted by Gasteiger charge is -2.09. The van der Waals surface area contributed by atoms with Crippen LogP contribution in [0.1, 0.15) is 5.56 Å². The molecule has 15 heavy (non-hydrogen) atoms. The molecule has 0 aromatic heterocycles. The van der Waals surface area contributed by atoms with Gasteiger partial charge in [-0.05, 0) is 12.1 Å². The number of benzene rings is 1. The quantitative estimate of drug-likeness (QED) is 0.607. The van der Waals surface area contributed by atoms with Crippen LogP contribution in [0.25, 0.3) is 0 Å². The maximum Gasteiger partial charge on any atom is 0.424 e. The molecule has 0 fully saturated rings. The van der Waals surface area contributed by atoms with Crippen LogP contribution in [0, 0.1) is 10.1 Å². The van der Waals surface area contributed by atoms with Gasteiger partial charge in [-0.2, -0.15) is 13.2 Å². The van der Waals surface area contributed by atoms with Gasteiger partial charge in [-0.25, -0.2) is 0 Å². The summed E-state index contributed by atoms with van der Waals surface area (Å²) >= 11 is 5.19. The second-order valence-electron chi connectivity index (χ2n) is 2.54. The number of nitro benzene ring substituents is 1. The summed E-state index contributed by atoms with van der Waals surface area (Å²) in [6.45, 7) is 0. The van der Waals surface area contributed by atoms with Gasteiger partial charge in [-0.3, -0.25) is 10.1 Å². The molecule has 1 aromatic rings. The first kappa shape index (κ1) is 11.6. The van der Waals surface area contributed by atoms with Crippen LogP contribution in [0.4, 0.5) is 18.9 Å². The number of phenolic OH excluding ortho intramolecular Hbond substituents is 1. The van der Waals surface area contributed by atoms with E-state index in [-0.39, 0.29) is 0 Å². The zero-order valence-corrected chi connectivity index (χ0v) is 7.63. The number of alkyl halides is 3. The van der Waals surface area contributed by atoms with Gasteiger partial charge in [-0.15, -0.1) is 0 Å². The van der Waals surface area contributed by atoms with Gasteiger partial charge in [0.05, 0.1) is 9.95 Å². The Kier molecular flexibility index (Phi) is 2.76. The first-order valence-corrected chi connectivity index (χ1v) is 3.86. The average Bonchev–Trinajstić information content (AvgIpc) is 2.05. The van der Waals surface area contributed by atoms with Crippen molar-refractivity contribution >= 4 is 17.3 Å². The van der Waals surface area contributed by atoms with E-state index in [0.717, 1.165) is 12.1 Å². The fourth-order valence-electron chi connectivity index (χ4n) is 1.01. The minimum absolute atomic E-state index is 0.732. The second kappa shape index (κ2) is 3.58. The van der Waals surface area contributed by atoms with Crippen LogP contribution < -0.4 is 0 Å². The molecule has 0 aliphatic heterocycles. The molecule has 0 aliphatic rings. The standard InChI is InChI=1S/C7H3ClF3NO3/c8-3-1-2-4(13)6(12(14)15)5(3)7(9,10)11/h1-2,13H. The van der Waals surface area contributed by atoms with E-state index in [1.165, 1.54) is 0 Å². The van der Waals surface area contributed by atoms with Crippen molar-refractivity contribution in [2.45, 2.75) is 6.18 Å². The highest BCUT2D eigenvalue weighted by Crippen LogP contribution is 2.44. The fourth-order valence-corrected chi connectivity index (χ4v) is 1.27. The van der Waals surface area contributed by atoms with Gasteiger partial charge >= 0.3 is 11.9 Å². The van der Waals surface area contributed by atoms with Crippen molar-refractivity contribution in [1.82, 2.24) is 0 Å². The van der Waals surface area contributed by atoms with Gasteiger partial charge in [0.25, 0.3) is 0 Å². The summed E-state index contributed by atoms with van der Waals surface area (Å²) < 4.78 is 37.0. The van der Waals surface area contributed by atoms with Crippen LogP contribution >= 0.6 is 11.6 Å². The molecule has 0 bridgehead atoms. The first-order valence-electron chi connectivity index (χ1n) is 3.48. The summed E-state index contributed by atoms with van der Waals surface area (Å²) in [7, 11) is 0. The number of nitrogens with zero attached hydrogens (tertiary/aromatic N) is 1. The lowest BCUT2D eigenvalue weighted by molar-refractivity contribution is -0.389. The Morgan fingerprint density at radius 1 is 1.40 bits per heavy atom. The number of halogens is 4. The van der Waals surface area contributed by atoms with Crippen LogP contribution in [0.2, 0.25) is 5.02 Å². The van der Waals surface area contributed by atoms with Gasteiger partial charge in [-0.1, -0.05) is 11.6 Å². The molecular weight excluding hydrogens is 239 g/mol. The minimum atomic E-state index is -4.99. The topological polar surface area (TPSA) is 63.4 Å². The molecule has 0 radical (unpaired) electrons. The predicted octanol–water partition coefficient (Wildman–Crippen LogP) is 2.97. The zero-order valence-electron chi connectivity index (χ0n) is 6.88. The van der Waals surface area contributed by atoms with Crippen molar-refractivity contribution in [2.24, 2.45) is 0 Å². The van der Waals surface area contributed by atoms with E-state index >= 15 is 0 Å². The number of hydrogen-bond acceptors (Lipinski definition) is 3. The molecule has 0 saturated heterocycles. The highest BCUT2D eigenvalue weighted by atomic mass is 35.5. The maximum atomic E-state index is 12.3.